The number of hydrogen-bond donors (Lipinski definition) is 1. The molecule has 2 aliphatic rings. The molecule has 1 N–H and O–H groups in total. The summed E-state index contributed by atoms with van der Waals surface area (Å²) in [6.07, 6.45) is 1.19. The van der Waals surface area contributed by atoms with Crippen LogP contribution < -0.4 is 10.2 Å². The maximum atomic E-state index is 13.2. The van der Waals surface area contributed by atoms with E-state index in [-0.39, 0.29) is 28.2 Å². The van der Waals surface area contributed by atoms with Gasteiger partial charge in [-0.2, -0.15) is 14.6 Å². The average molecular weight is 472 g/mol. The summed E-state index contributed by atoms with van der Waals surface area (Å²) in [5, 5.41) is 11.7. The monoisotopic (exact) mass is 471 g/mol. The SMILES string of the molecule is N#CC1(NC(=O)C2CC(S(=O)(=O)c3ccccc3Cl)CN2c2nc(Cl)ns2)CC1. The molecule has 1 saturated heterocycles. The maximum Gasteiger partial charge on any atom is 0.244 e. The smallest absolute Gasteiger partial charge is 0.244 e. The number of amides is 1. The van der Waals surface area contributed by atoms with Gasteiger partial charge >= 0.3 is 0 Å². The van der Waals surface area contributed by atoms with E-state index < -0.39 is 32.6 Å². The van der Waals surface area contributed by atoms with Gasteiger partial charge in [0.2, 0.25) is 16.3 Å². The predicted octanol–water partition coefficient (Wildman–Crippen LogP) is 2.44. The Bertz CT molecular complexity index is 1110. The number of hydrogen-bond acceptors (Lipinski definition) is 8. The molecule has 1 aliphatic heterocycles. The summed E-state index contributed by atoms with van der Waals surface area (Å²) in [6, 6.07) is 7.51. The number of nitrogens with one attached hydrogen (secondary N) is 1. The van der Waals surface area contributed by atoms with Crippen LogP contribution in [0, 0.1) is 11.3 Å². The van der Waals surface area contributed by atoms with Crippen molar-refractivity contribution < 1.29 is 13.2 Å². The average Bonchev–Trinajstić information content (AvgIpc) is 3.10. The van der Waals surface area contributed by atoms with Crippen molar-refractivity contribution in [3.05, 3.63) is 34.6 Å². The van der Waals surface area contributed by atoms with Crippen LogP contribution in [0.15, 0.2) is 29.2 Å². The van der Waals surface area contributed by atoms with E-state index in [4.69, 9.17) is 23.2 Å². The van der Waals surface area contributed by atoms with E-state index in [1.807, 2.05) is 0 Å². The summed E-state index contributed by atoms with van der Waals surface area (Å²) in [6.45, 7) is 0.0384. The number of sulfone groups is 1. The van der Waals surface area contributed by atoms with Crippen LogP contribution in [0.3, 0.4) is 0 Å². The van der Waals surface area contributed by atoms with Crippen molar-refractivity contribution in [2.45, 2.75) is 41.0 Å². The lowest BCUT2D eigenvalue weighted by molar-refractivity contribution is -0.122. The molecule has 1 amide bonds. The minimum absolute atomic E-state index is 0.0252. The number of carbonyl (C=O) groups is 1. The summed E-state index contributed by atoms with van der Waals surface area (Å²) < 4.78 is 30.3. The number of nitriles is 1. The molecule has 1 aliphatic carbocycles. The highest BCUT2D eigenvalue weighted by molar-refractivity contribution is 7.92. The zero-order chi connectivity index (χ0) is 20.8. The second-order valence-corrected chi connectivity index (χ2v) is 10.7. The van der Waals surface area contributed by atoms with E-state index in [2.05, 4.69) is 20.7 Å². The standard InChI is InChI=1S/C17H15Cl2N5O3S2/c18-11-3-1-2-4-13(11)29(26,27)10-7-12(14(25)22-17(9-20)5-6-17)24(8-10)16-21-15(19)23-28-16/h1-4,10,12H,5-8H2,(H,22,25). The Kier molecular flexibility index (Phi) is 5.19. The number of carbonyl (C=O) groups excluding carboxylic acids is 1. The number of nitrogens with zero attached hydrogens (tertiary/aromatic N) is 4. The first-order valence-corrected chi connectivity index (χ1v) is 11.8. The Morgan fingerprint density at radius 3 is 2.66 bits per heavy atom. The third kappa shape index (κ3) is 3.80. The predicted molar refractivity (Wildman–Crippen MR) is 109 cm³/mol. The molecule has 152 valence electrons. The number of benzene rings is 1. The van der Waals surface area contributed by atoms with E-state index in [1.54, 1.807) is 17.0 Å². The van der Waals surface area contributed by atoms with Crippen LogP contribution in [0.5, 0.6) is 0 Å². The van der Waals surface area contributed by atoms with Gasteiger partial charge in [0, 0.05) is 18.1 Å². The third-order valence-electron chi connectivity index (χ3n) is 5.11. The lowest BCUT2D eigenvalue weighted by Gasteiger charge is -2.23. The van der Waals surface area contributed by atoms with Gasteiger partial charge in [-0.15, -0.1) is 0 Å². The van der Waals surface area contributed by atoms with E-state index in [9.17, 15) is 18.5 Å². The van der Waals surface area contributed by atoms with Crippen molar-refractivity contribution in [3.63, 3.8) is 0 Å². The van der Waals surface area contributed by atoms with Crippen LogP contribution in [-0.4, -0.2) is 47.1 Å². The normalized spacial score (nSPS) is 22.9. The summed E-state index contributed by atoms with van der Waals surface area (Å²) in [4.78, 5) is 18.6. The fraction of sp³-hybridized carbons (Fsp3) is 0.412. The third-order valence-corrected chi connectivity index (χ3v) is 8.76. The molecule has 29 heavy (non-hydrogen) atoms. The first-order valence-electron chi connectivity index (χ1n) is 8.73. The van der Waals surface area contributed by atoms with Crippen molar-refractivity contribution in [3.8, 4) is 6.07 Å². The van der Waals surface area contributed by atoms with Gasteiger partial charge in [0.05, 0.1) is 21.2 Å². The molecule has 0 bridgehead atoms. The van der Waals surface area contributed by atoms with Gasteiger partial charge in [0.25, 0.3) is 0 Å². The first kappa shape index (κ1) is 20.3. The number of halogens is 2. The molecule has 1 saturated carbocycles. The van der Waals surface area contributed by atoms with Crippen LogP contribution in [-0.2, 0) is 14.6 Å². The molecule has 1 aromatic heterocycles. The van der Waals surface area contributed by atoms with Crippen LogP contribution in [0.1, 0.15) is 19.3 Å². The van der Waals surface area contributed by atoms with Crippen LogP contribution in [0.25, 0.3) is 0 Å². The molecule has 0 radical (unpaired) electrons. The summed E-state index contributed by atoms with van der Waals surface area (Å²) in [5.41, 5.74) is -0.860. The fourth-order valence-corrected chi connectivity index (χ4v) is 6.44. The molecule has 2 aromatic rings. The van der Waals surface area contributed by atoms with Crippen LogP contribution in [0.4, 0.5) is 5.13 Å². The highest BCUT2D eigenvalue weighted by atomic mass is 35.5. The Morgan fingerprint density at radius 1 is 1.34 bits per heavy atom. The van der Waals surface area contributed by atoms with Crippen molar-refractivity contribution in [1.29, 1.82) is 5.26 Å². The van der Waals surface area contributed by atoms with Gasteiger partial charge < -0.3 is 10.2 Å². The van der Waals surface area contributed by atoms with Gasteiger partial charge in [-0.25, -0.2) is 8.42 Å². The molecule has 1 aromatic carbocycles. The van der Waals surface area contributed by atoms with Gasteiger partial charge in [-0.3, -0.25) is 4.79 Å². The Morgan fingerprint density at radius 2 is 2.07 bits per heavy atom. The van der Waals surface area contributed by atoms with Crippen molar-refractivity contribution in [2.75, 3.05) is 11.4 Å². The number of aromatic nitrogens is 2. The van der Waals surface area contributed by atoms with E-state index in [0.29, 0.717) is 18.0 Å². The molecule has 4 rings (SSSR count). The summed E-state index contributed by atoms with van der Waals surface area (Å²) in [7, 11) is -3.80. The Labute approximate surface area is 181 Å². The highest BCUT2D eigenvalue weighted by Crippen LogP contribution is 2.38. The molecular formula is C17H15Cl2N5O3S2. The van der Waals surface area contributed by atoms with E-state index >= 15 is 0 Å². The van der Waals surface area contributed by atoms with Gasteiger partial charge in [-0.1, -0.05) is 23.7 Å². The second kappa shape index (κ2) is 7.40. The van der Waals surface area contributed by atoms with Crippen molar-refractivity contribution >= 4 is 55.6 Å². The van der Waals surface area contributed by atoms with Crippen molar-refractivity contribution in [2.24, 2.45) is 0 Å². The van der Waals surface area contributed by atoms with Gasteiger partial charge in [0.15, 0.2) is 9.84 Å². The molecule has 2 atom stereocenters. The van der Waals surface area contributed by atoms with Crippen LogP contribution in [0.2, 0.25) is 10.3 Å². The Hall–Kier alpha value is -1.93. The Balaban J connectivity index is 1.66. The number of rotatable bonds is 5. The molecule has 12 heteroatoms. The lowest BCUT2D eigenvalue weighted by Crippen LogP contribution is -2.47. The highest BCUT2D eigenvalue weighted by Gasteiger charge is 2.50. The summed E-state index contributed by atoms with van der Waals surface area (Å²) in [5.74, 6) is -0.410. The van der Waals surface area contributed by atoms with Gasteiger partial charge in [-0.05, 0) is 43.0 Å². The molecule has 8 nitrogen and oxygen atoms in total. The van der Waals surface area contributed by atoms with E-state index in [0.717, 1.165) is 11.5 Å². The molecule has 0 spiro atoms. The lowest BCUT2D eigenvalue weighted by atomic mass is 10.2. The minimum Gasteiger partial charge on any atom is -0.336 e. The quantitative estimate of drug-likeness (QED) is 0.711. The van der Waals surface area contributed by atoms with E-state index in [1.165, 1.54) is 12.1 Å². The first-order chi connectivity index (χ1) is 13.8. The number of anilines is 1. The minimum atomic E-state index is -3.80. The molecule has 2 unspecified atom stereocenters. The zero-order valence-electron chi connectivity index (χ0n) is 14.9. The van der Waals surface area contributed by atoms with Crippen LogP contribution >= 0.6 is 34.7 Å². The zero-order valence-corrected chi connectivity index (χ0v) is 18.0. The maximum absolute atomic E-state index is 13.2. The molecular weight excluding hydrogens is 457 g/mol. The fourth-order valence-electron chi connectivity index (χ4n) is 3.36. The summed E-state index contributed by atoms with van der Waals surface area (Å²) >= 11 is 12.9. The second-order valence-electron chi connectivity index (χ2n) is 7.03. The van der Waals surface area contributed by atoms with Gasteiger partial charge in [0.1, 0.15) is 11.6 Å². The topological polar surface area (TPSA) is 116 Å². The largest absolute Gasteiger partial charge is 0.336 e. The molecule has 2 fully saturated rings. The van der Waals surface area contributed by atoms with Crippen molar-refractivity contribution in [1.82, 2.24) is 14.7 Å². The molecule has 2 heterocycles.